The molecule has 94 valence electrons. The molecule has 0 saturated heterocycles. The average molecular weight is 281 g/mol. The molecule has 0 bridgehead atoms. The Hall–Kier alpha value is -1.39. The first-order chi connectivity index (χ1) is 8.59. The van der Waals surface area contributed by atoms with Crippen LogP contribution in [0.2, 0.25) is 5.02 Å². The topological polar surface area (TPSA) is 33.2 Å². The predicted octanol–water partition coefficient (Wildman–Crippen LogP) is 3.38. The van der Waals surface area contributed by atoms with Gasteiger partial charge in [0.15, 0.2) is 0 Å². The number of hydrogen-bond acceptors (Lipinski definition) is 3. The van der Waals surface area contributed by atoms with Crippen molar-refractivity contribution in [1.82, 2.24) is 9.88 Å². The van der Waals surface area contributed by atoms with Crippen molar-refractivity contribution in [3.05, 3.63) is 50.9 Å². The normalized spacial score (nSPS) is 10.4. The fourth-order valence-electron chi connectivity index (χ4n) is 1.59. The molecule has 3 nitrogen and oxygen atoms in total. The Morgan fingerprint density at radius 2 is 2.28 bits per heavy atom. The van der Waals surface area contributed by atoms with Gasteiger partial charge in [-0.2, -0.15) is 0 Å². The monoisotopic (exact) mass is 280 g/mol. The third-order valence-electron chi connectivity index (χ3n) is 2.69. The van der Waals surface area contributed by atoms with Crippen molar-refractivity contribution in [2.75, 3.05) is 7.05 Å². The molecule has 0 unspecified atom stereocenters. The van der Waals surface area contributed by atoms with Crippen molar-refractivity contribution in [2.24, 2.45) is 0 Å². The molecule has 0 aliphatic heterocycles. The lowest BCUT2D eigenvalue weighted by molar-refractivity contribution is 0.0786. The zero-order valence-corrected chi connectivity index (χ0v) is 11.8. The summed E-state index contributed by atoms with van der Waals surface area (Å²) in [6.07, 6.45) is 3.07. The van der Waals surface area contributed by atoms with Crippen molar-refractivity contribution < 1.29 is 4.79 Å². The number of rotatable bonds is 3. The molecule has 0 aliphatic rings. The summed E-state index contributed by atoms with van der Waals surface area (Å²) in [7, 11) is 1.77. The van der Waals surface area contributed by atoms with E-state index in [0.29, 0.717) is 17.1 Å². The van der Waals surface area contributed by atoms with Crippen LogP contribution in [-0.4, -0.2) is 22.8 Å². The molecule has 5 heteroatoms. The Morgan fingerprint density at radius 1 is 1.50 bits per heavy atom. The van der Waals surface area contributed by atoms with Gasteiger partial charge in [-0.1, -0.05) is 11.6 Å². The van der Waals surface area contributed by atoms with Crippen LogP contribution in [0.15, 0.2) is 29.9 Å². The van der Waals surface area contributed by atoms with Crippen LogP contribution in [0.25, 0.3) is 0 Å². The molecule has 2 aromatic rings. The van der Waals surface area contributed by atoms with E-state index in [2.05, 4.69) is 11.1 Å². The summed E-state index contributed by atoms with van der Waals surface area (Å²) in [5.41, 5.74) is 1.65. The van der Waals surface area contributed by atoms with Crippen LogP contribution in [0.4, 0.5) is 0 Å². The number of hydrogen-bond donors (Lipinski definition) is 0. The Kier molecular flexibility index (Phi) is 3.99. The highest BCUT2D eigenvalue weighted by atomic mass is 35.5. The van der Waals surface area contributed by atoms with Crippen LogP contribution in [0.5, 0.6) is 0 Å². The van der Waals surface area contributed by atoms with Crippen molar-refractivity contribution in [1.29, 1.82) is 0 Å². The van der Waals surface area contributed by atoms with E-state index in [1.54, 1.807) is 35.5 Å². The fourth-order valence-corrected chi connectivity index (χ4v) is 2.74. The minimum atomic E-state index is -0.110. The van der Waals surface area contributed by atoms with Gasteiger partial charge in [0.2, 0.25) is 0 Å². The molecule has 1 amide bonds. The first-order valence-corrected chi connectivity index (χ1v) is 6.73. The summed E-state index contributed by atoms with van der Waals surface area (Å²) in [4.78, 5) is 19.0. The second-order valence-corrected chi connectivity index (χ2v) is 5.45. The smallest absolute Gasteiger partial charge is 0.257 e. The first-order valence-electron chi connectivity index (χ1n) is 5.47. The molecule has 0 N–H and O–H groups in total. The van der Waals surface area contributed by atoms with Gasteiger partial charge in [-0.05, 0) is 30.0 Å². The van der Waals surface area contributed by atoms with E-state index < -0.39 is 0 Å². The quantitative estimate of drug-likeness (QED) is 0.863. The number of carbonyl (C=O) groups excluding carboxylic acids is 1. The summed E-state index contributed by atoms with van der Waals surface area (Å²) in [5, 5.41) is 2.46. The van der Waals surface area contributed by atoms with Gasteiger partial charge < -0.3 is 4.90 Å². The number of aromatic nitrogens is 1. The molecule has 0 atom stereocenters. The Bertz CT molecular complexity index is 568. The van der Waals surface area contributed by atoms with Gasteiger partial charge in [0.05, 0.1) is 17.1 Å². The Labute approximate surface area is 115 Å². The van der Waals surface area contributed by atoms with Crippen molar-refractivity contribution in [3.63, 3.8) is 0 Å². The highest BCUT2D eigenvalue weighted by molar-refractivity contribution is 7.10. The zero-order valence-electron chi connectivity index (χ0n) is 10.2. The second kappa shape index (κ2) is 5.50. The second-order valence-electron chi connectivity index (χ2n) is 4.04. The lowest BCUT2D eigenvalue weighted by Gasteiger charge is -2.17. The molecule has 2 aromatic heterocycles. The number of carbonyl (C=O) groups is 1. The lowest BCUT2D eigenvalue weighted by atomic mass is 10.2. The molecular formula is C13H13ClN2OS. The molecular weight excluding hydrogens is 268 g/mol. The van der Waals surface area contributed by atoms with Gasteiger partial charge in [-0.25, -0.2) is 0 Å². The van der Waals surface area contributed by atoms with Crippen LogP contribution >= 0.6 is 22.9 Å². The number of aryl methyl sites for hydroxylation is 1. The van der Waals surface area contributed by atoms with Crippen LogP contribution < -0.4 is 0 Å². The molecule has 0 saturated carbocycles. The molecule has 0 aromatic carbocycles. The van der Waals surface area contributed by atoms with E-state index in [0.717, 1.165) is 0 Å². The Balaban J connectivity index is 2.15. The van der Waals surface area contributed by atoms with E-state index in [4.69, 9.17) is 11.6 Å². The number of pyridine rings is 1. The van der Waals surface area contributed by atoms with E-state index in [9.17, 15) is 4.79 Å². The van der Waals surface area contributed by atoms with Crippen molar-refractivity contribution >= 4 is 28.8 Å². The molecule has 2 heterocycles. The summed E-state index contributed by atoms with van der Waals surface area (Å²) in [5.74, 6) is -0.110. The summed E-state index contributed by atoms with van der Waals surface area (Å²) in [6.45, 7) is 2.63. The van der Waals surface area contributed by atoms with Crippen LogP contribution in [0.1, 0.15) is 20.8 Å². The number of amides is 1. The fraction of sp³-hybridized carbons (Fsp3) is 0.231. The molecule has 0 radical (unpaired) electrons. The molecule has 0 aliphatic carbocycles. The van der Waals surface area contributed by atoms with Gasteiger partial charge in [0, 0.05) is 24.3 Å². The highest BCUT2D eigenvalue weighted by Gasteiger charge is 2.16. The Morgan fingerprint density at radius 3 is 2.89 bits per heavy atom. The SMILES string of the molecule is Cc1ccsc1CN(C)C(=O)c1cnccc1Cl. The largest absolute Gasteiger partial charge is 0.336 e. The molecule has 18 heavy (non-hydrogen) atoms. The van der Waals surface area contributed by atoms with Crippen LogP contribution in [0.3, 0.4) is 0 Å². The number of thiophene rings is 1. The maximum absolute atomic E-state index is 12.2. The zero-order chi connectivity index (χ0) is 13.1. The van der Waals surface area contributed by atoms with E-state index in [1.807, 2.05) is 12.3 Å². The minimum absolute atomic E-state index is 0.110. The maximum atomic E-state index is 12.2. The van der Waals surface area contributed by atoms with Crippen LogP contribution in [-0.2, 0) is 6.54 Å². The van der Waals surface area contributed by atoms with Crippen molar-refractivity contribution in [2.45, 2.75) is 13.5 Å². The molecule has 0 fully saturated rings. The molecule has 2 rings (SSSR count). The summed E-state index contributed by atoms with van der Waals surface area (Å²) >= 11 is 7.64. The third-order valence-corrected chi connectivity index (χ3v) is 4.03. The lowest BCUT2D eigenvalue weighted by Crippen LogP contribution is -2.26. The third kappa shape index (κ3) is 2.71. The average Bonchev–Trinajstić information content (AvgIpc) is 2.75. The predicted molar refractivity (Wildman–Crippen MR) is 74.1 cm³/mol. The van der Waals surface area contributed by atoms with E-state index in [-0.39, 0.29) is 5.91 Å². The summed E-state index contributed by atoms with van der Waals surface area (Å²) in [6, 6.07) is 3.67. The summed E-state index contributed by atoms with van der Waals surface area (Å²) < 4.78 is 0. The van der Waals surface area contributed by atoms with E-state index in [1.165, 1.54) is 16.6 Å². The van der Waals surface area contributed by atoms with Gasteiger partial charge in [-0.15, -0.1) is 11.3 Å². The number of nitrogens with zero attached hydrogens (tertiary/aromatic N) is 2. The standard InChI is InChI=1S/C13H13ClN2OS/c1-9-4-6-18-12(9)8-16(2)13(17)10-7-15-5-3-11(10)14/h3-7H,8H2,1-2H3. The minimum Gasteiger partial charge on any atom is -0.336 e. The van der Waals surface area contributed by atoms with Crippen molar-refractivity contribution in [3.8, 4) is 0 Å². The molecule has 0 spiro atoms. The number of halogens is 1. The van der Waals surface area contributed by atoms with Gasteiger partial charge in [0.25, 0.3) is 5.91 Å². The van der Waals surface area contributed by atoms with Crippen LogP contribution in [0, 0.1) is 6.92 Å². The van der Waals surface area contributed by atoms with Gasteiger partial charge in [-0.3, -0.25) is 9.78 Å². The van der Waals surface area contributed by atoms with Gasteiger partial charge >= 0.3 is 0 Å². The maximum Gasteiger partial charge on any atom is 0.257 e. The highest BCUT2D eigenvalue weighted by Crippen LogP contribution is 2.20. The van der Waals surface area contributed by atoms with Gasteiger partial charge in [0.1, 0.15) is 0 Å². The van der Waals surface area contributed by atoms with E-state index >= 15 is 0 Å². The first kappa shape index (κ1) is 13.1.